The Morgan fingerprint density at radius 2 is 1.33 bits per heavy atom. The summed E-state index contributed by atoms with van der Waals surface area (Å²) in [4.78, 5) is 21.1. The van der Waals surface area contributed by atoms with Gasteiger partial charge in [0.15, 0.2) is 0 Å². The zero-order chi connectivity index (χ0) is 17.9. The lowest BCUT2D eigenvalue weighted by atomic mass is 9.98. The van der Waals surface area contributed by atoms with Gasteiger partial charge in [0.1, 0.15) is 24.1 Å². The van der Waals surface area contributed by atoms with E-state index in [9.17, 15) is 9.59 Å². The van der Waals surface area contributed by atoms with E-state index in [2.05, 4.69) is 0 Å². The predicted molar refractivity (Wildman–Crippen MR) is 94.4 cm³/mol. The second-order valence-corrected chi connectivity index (χ2v) is 5.49. The average Bonchev–Trinajstić information content (AvgIpc) is 2.59. The van der Waals surface area contributed by atoms with Crippen molar-refractivity contribution in [2.45, 2.75) is 38.5 Å². The number of hydrogen-bond acceptors (Lipinski definition) is 4. The van der Waals surface area contributed by atoms with Crippen LogP contribution in [-0.4, -0.2) is 22.8 Å². The summed E-state index contributed by atoms with van der Waals surface area (Å²) in [5.74, 6) is 0.329. The lowest BCUT2D eigenvalue weighted by Gasteiger charge is -2.06. The van der Waals surface area contributed by atoms with Crippen molar-refractivity contribution in [3.63, 3.8) is 0 Å². The number of carbonyl (C=O) groups is 2. The highest BCUT2D eigenvalue weighted by atomic mass is 16.3. The van der Waals surface area contributed by atoms with Crippen LogP contribution in [0, 0.1) is 0 Å². The molecule has 0 aliphatic carbocycles. The van der Waals surface area contributed by atoms with Gasteiger partial charge in [-0.1, -0.05) is 38.1 Å². The van der Waals surface area contributed by atoms with Crippen LogP contribution >= 0.6 is 0 Å². The molecule has 2 aromatic rings. The molecule has 0 aliphatic rings. The Balaban J connectivity index is 0.000000240. The fourth-order valence-electron chi connectivity index (χ4n) is 2.30. The molecule has 0 spiro atoms. The summed E-state index contributed by atoms with van der Waals surface area (Å²) in [7, 11) is 0. The highest BCUT2D eigenvalue weighted by Gasteiger charge is 2.07. The van der Waals surface area contributed by atoms with Crippen molar-refractivity contribution in [2.75, 3.05) is 0 Å². The Morgan fingerprint density at radius 1 is 0.792 bits per heavy atom. The van der Waals surface area contributed by atoms with E-state index < -0.39 is 0 Å². The van der Waals surface area contributed by atoms with E-state index in [0.717, 1.165) is 36.5 Å². The van der Waals surface area contributed by atoms with Crippen molar-refractivity contribution in [3.05, 3.63) is 59.7 Å². The number of phenolic OH excluding ortho intramolecular Hbond substituents is 2. The van der Waals surface area contributed by atoms with Crippen LogP contribution in [0.15, 0.2) is 48.5 Å². The molecule has 4 heteroatoms. The molecule has 4 nitrogen and oxygen atoms in total. The molecule has 0 aromatic heterocycles. The van der Waals surface area contributed by atoms with Crippen molar-refractivity contribution in [2.24, 2.45) is 0 Å². The molecule has 0 amide bonds. The highest BCUT2D eigenvalue weighted by molar-refractivity contribution is 5.62. The van der Waals surface area contributed by atoms with E-state index >= 15 is 0 Å². The molecule has 2 rings (SSSR count). The molecule has 2 N–H and O–H groups in total. The fourth-order valence-corrected chi connectivity index (χ4v) is 2.30. The van der Waals surface area contributed by atoms with Crippen LogP contribution in [0.3, 0.4) is 0 Å². The smallest absolute Gasteiger partial charge is 0.127 e. The SMILES string of the molecule is CCC(C=O)c1ccc(O)cc1.CCC(C=O)c1cccc(O)c1. The number of hydrogen-bond donors (Lipinski definition) is 2. The summed E-state index contributed by atoms with van der Waals surface area (Å²) in [5.41, 5.74) is 1.85. The van der Waals surface area contributed by atoms with Crippen molar-refractivity contribution < 1.29 is 19.8 Å². The van der Waals surface area contributed by atoms with Crippen molar-refractivity contribution in [1.29, 1.82) is 0 Å². The van der Waals surface area contributed by atoms with Crippen molar-refractivity contribution >= 4 is 12.6 Å². The number of aldehydes is 2. The van der Waals surface area contributed by atoms with E-state index in [1.54, 1.807) is 42.5 Å². The second-order valence-electron chi connectivity index (χ2n) is 5.49. The maximum Gasteiger partial charge on any atom is 0.127 e. The minimum Gasteiger partial charge on any atom is -0.508 e. The zero-order valence-electron chi connectivity index (χ0n) is 14.1. The maximum atomic E-state index is 10.6. The molecule has 0 saturated carbocycles. The minimum absolute atomic E-state index is 0.0365. The third-order valence-electron chi connectivity index (χ3n) is 3.83. The van der Waals surface area contributed by atoms with Crippen LogP contribution in [-0.2, 0) is 9.59 Å². The first-order chi connectivity index (χ1) is 11.5. The molecular formula is C20H24O4. The van der Waals surface area contributed by atoms with E-state index in [1.165, 1.54) is 0 Å². The molecular weight excluding hydrogens is 304 g/mol. The second kappa shape index (κ2) is 10.2. The highest BCUT2D eigenvalue weighted by Crippen LogP contribution is 2.21. The molecule has 0 radical (unpaired) electrons. The molecule has 0 heterocycles. The molecule has 0 aliphatic heterocycles. The number of carbonyl (C=O) groups excluding carboxylic acids is 2. The summed E-state index contributed by atoms with van der Waals surface area (Å²) >= 11 is 0. The topological polar surface area (TPSA) is 74.6 Å². The van der Waals surface area contributed by atoms with Crippen LogP contribution in [0.5, 0.6) is 11.5 Å². The number of benzene rings is 2. The van der Waals surface area contributed by atoms with Gasteiger partial charge in [-0.15, -0.1) is 0 Å². The number of rotatable bonds is 6. The first kappa shape index (κ1) is 19.4. The van der Waals surface area contributed by atoms with Crippen LogP contribution < -0.4 is 0 Å². The van der Waals surface area contributed by atoms with Gasteiger partial charge in [-0.05, 0) is 48.2 Å². The summed E-state index contributed by atoms with van der Waals surface area (Å²) in [6.07, 6.45) is 3.42. The molecule has 128 valence electrons. The molecule has 0 saturated heterocycles. The predicted octanol–water partition coefficient (Wildman–Crippen LogP) is 4.17. The van der Waals surface area contributed by atoms with E-state index in [4.69, 9.17) is 10.2 Å². The maximum absolute atomic E-state index is 10.6. The Kier molecular flexibility index (Phi) is 8.26. The van der Waals surface area contributed by atoms with Gasteiger partial charge in [0.2, 0.25) is 0 Å². The van der Waals surface area contributed by atoms with Crippen LogP contribution in [0.2, 0.25) is 0 Å². The Bertz CT molecular complexity index is 634. The van der Waals surface area contributed by atoms with Gasteiger partial charge in [-0.25, -0.2) is 0 Å². The van der Waals surface area contributed by atoms with Crippen LogP contribution in [0.1, 0.15) is 49.7 Å². The summed E-state index contributed by atoms with van der Waals surface area (Å²) in [6.45, 7) is 3.91. The molecule has 0 fully saturated rings. The van der Waals surface area contributed by atoms with Gasteiger partial charge >= 0.3 is 0 Å². The molecule has 2 aromatic carbocycles. The van der Waals surface area contributed by atoms with E-state index in [0.29, 0.717) is 0 Å². The van der Waals surface area contributed by atoms with Gasteiger partial charge in [0, 0.05) is 11.8 Å². The number of phenols is 2. The number of aromatic hydroxyl groups is 2. The Morgan fingerprint density at radius 3 is 1.79 bits per heavy atom. The molecule has 0 bridgehead atoms. The first-order valence-electron chi connectivity index (χ1n) is 8.04. The third-order valence-corrected chi connectivity index (χ3v) is 3.83. The van der Waals surface area contributed by atoms with Gasteiger partial charge < -0.3 is 19.8 Å². The summed E-state index contributed by atoms with van der Waals surface area (Å²) < 4.78 is 0. The normalized spacial score (nSPS) is 12.4. The van der Waals surface area contributed by atoms with Gasteiger partial charge in [-0.2, -0.15) is 0 Å². The Hall–Kier alpha value is -2.62. The molecule has 2 unspecified atom stereocenters. The average molecular weight is 328 g/mol. The van der Waals surface area contributed by atoms with Crippen molar-refractivity contribution in [3.8, 4) is 11.5 Å². The quantitative estimate of drug-likeness (QED) is 0.781. The van der Waals surface area contributed by atoms with E-state index in [1.807, 2.05) is 19.9 Å². The molecule has 2 atom stereocenters. The lowest BCUT2D eigenvalue weighted by Crippen LogP contribution is -1.97. The molecule has 24 heavy (non-hydrogen) atoms. The first-order valence-corrected chi connectivity index (χ1v) is 8.04. The van der Waals surface area contributed by atoms with E-state index in [-0.39, 0.29) is 23.3 Å². The monoisotopic (exact) mass is 328 g/mol. The minimum atomic E-state index is -0.0860. The standard InChI is InChI=1S/2C10H12O2/c1-2-8(7-11)9-3-5-10(12)6-4-9;1-2-8(7-11)9-4-3-5-10(12)6-9/h2*3-8,12H,2H2,1H3. The van der Waals surface area contributed by atoms with Gasteiger partial charge in [0.05, 0.1) is 0 Å². The Labute approximate surface area is 142 Å². The van der Waals surface area contributed by atoms with Gasteiger partial charge in [-0.3, -0.25) is 0 Å². The van der Waals surface area contributed by atoms with Gasteiger partial charge in [0.25, 0.3) is 0 Å². The largest absolute Gasteiger partial charge is 0.508 e. The van der Waals surface area contributed by atoms with Crippen molar-refractivity contribution in [1.82, 2.24) is 0 Å². The zero-order valence-corrected chi connectivity index (χ0v) is 14.1. The van der Waals surface area contributed by atoms with Crippen LogP contribution in [0.4, 0.5) is 0 Å². The summed E-state index contributed by atoms with van der Waals surface area (Å²) in [5, 5.41) is 18.1. The fraction of sp³-hybridized carbons (Fsp3) is 0.300. The lowest BCUT2D eigenvalue weighted by molar-refractivity contribution is -0.109. The third kappa shape index (κ3) is 5.88. The van der Waals surface area contributed by atoms with Crippen LogP contribution in [0.25, 0.3) is 0 Å². The summed E-state index contributed by atoms with van der Waals surface area (Å²) in [6, 6.07) is 13.6.